The summed E-state index contributed by atoms with van der Waals surface area (Å²) in [6.07, 6.45) is 1.75. The van der Waals surface area contributed by atoms with Crippen molar-refractivity contribution in [2.75, 3.05) is 22.7 Å². The summed E-state index contributed by atoms with van der Waals surface area (Å²) in [7, 11) is 0. The number of nitrogen functional groups attached to an aromatic ring is 1. The topological polar surface area (TPSA) is 63.8 Å². The summed E-state index contributed by atoms with van der Waals surface area (Å²) >= 11 is 3.88. The molecule has 3 N–H and O–H groups in total. The van der Waals surface area contributed by atoms with Gasteiger partial charge >= 0.3 is 0 Å². The van der Waals surface area contributed by atoms with E-state index in [0.717, 1.165) is 11.6 Å². The molecule has 0 aliphatic carbocycles. The fourth-order valence-corrected chi connectivity index (χ4v) is 3.85. The van der Waals surface area contributed by atoms with E-state index in [4.69, 9.17) is 5.84 Å². The van der Waals surface area contributed by atoms with Gasteiger partial charge in [-0.15, -0.1) is 11.8 Å². The Bertz CT molecular complexity index is 301. The zero-order chi connectivity index (χ0) is 9.80. The van der Waals surface area contributed by atoms with Crippen LogP contribution in [0.1, 0.15) is 11.1 Å². The molecule has 1 atom stereocenters. The molecule has 6 heteroatoms. The van der Waals surface area contributed by atoms with Gasteiger partial charge in [0, 0.05) is 29.5 Å². The lowest BCUT2D eigenvalue weighted by Crippen LogP contribution is -2.13. The molecule has 0 radical (unpaired) electrons. The van der Waals surface area contributed by atoms with Crippen LogP contribution in [0.4, 0.5) is 5.82 Å². The molecule has 1 aliphatic rings. The Morgan fingerprint density at radius 3 is 3.14 bits per heavy atom. The third kappa shape index (κ3) is 2.31. The second kappa shape index (κ2) is 4.86. The monoisotopic (exact) mass is 228 g/mol. The van der Waals surface area contributed by atoms with E-state index in [0.29, 0.717) is 11.1 Å². The van der Waals surface area contributed by atoms with Gasteiger partial charge in [-0.05, 0) is 0 Å². The number of thioether (sulfide) groups is 2. The second-order valence-corrected chi connectivity index (χ2v) is 5.34. The number of hydrogen-bond donors (Lipinski definition) is 2. The molecule has 0 aromatic carbocycles. The van der Waals surface area contributed by atoms with E-state index in [1.807, 2.05) is 23.5 Å². The summed E-state index contributed by atoms with van der Waals surface area (Å²) in [6.45, 7) is 0. The molecular formula is C8H12N4S2. The third-order valence-electron chi connectivity index (χ3n) is 1.93. The van der Waals surface area contributed by atoms with Crippen molar-refractivity contribution in [2.45, 2.75) is 5.25 Å². The van der Waals surface area contributed by atoms with Gasteiger partial charge < -0.3 is 5.43 Å². The number of rotatable bonds is 2. The van der Waals surface area contributed by atoms with Crippen LogP contribution in [0.15, 0.2) is 12.3 Å². The standard InChI is InChI=1S/C8H12N4S2/c9-12-7-1-2-10-8(11-7)6-5-13-3-4-14-6/h1-2,6H,3-5,9H2,(H,10,11,12). The van der Waals surface area contributed by atoms with Gasteiger partial charge in [-0.3, -0.25) is 0 Å². The van der Waals surface area contributed by atoms with Crippen molar-refractivity contribution in [1.29, 1.82) is 0 Å². The fraction of sp³-hybridized carbons (Fsp3) is 0.500. The van der Waals surface area contributed by atoms with Crippen molar-refractivity contribution in [3.63, 3.8) is 0 Å². The van der Waals surface area contributed by atoms with Crippen LogP contribution in [0.3, 0.4) is 0 Å². The van der Waals surface area contributed by atoms with Crippen LogP contribution in [-0.2, 0) is 0 Å². The Balaban J connectivity index is 2.13. The van der Waals surface area contributed by atoms with Crippen LogP contribution in [-0.4, -0.2) is 27.2 Å². The summed E-state index contributed by atoms with van der Waals surface area (Å²) in [6, 6.07) is 1.77. The average Bonchev–Trinajstić information content (AvgIpc) is 2.30. The highest BCUT2D eigenvalue weighted by atomic mass is 32.2. The van der Waals surface area contributed by atoms with Gasteiger partial charge in [-0.25, -0.2) is 15.8 Å². The van der Waals surface area contributed by atoms with E-state index >= 15 is 0 Å². The van der Waals surface area contributed by atoms with Gasteiger partial charge in [-0.2, -0.15) is 11.8 Å². The minimum absolute atomic E-state index is 0.419. The summed E-state index contributed by atoms with van der Waals surface area (Å²) < 4.78 is 0. The van der Waals surface area contributed by atoms with Gasteiger partial charge in [0.25, 0.3) is 0 Å². The van der Waals surface area contributed by atoms with Crippen LogP contribution in [0.5, 0.6) is 0 Å². The number of nitrogens with one attached hydrogen (secondary N) is 1. The minimum Gasteiger partial charge on any atom is -0.308 e. The maximum atomic E-state index is 5.30. The molecule has 0 spiro atoms. The number of hydrazine groups is 1. The van der Waals surface area contributed by atoms with Crippen LogP contribution >= 0.6 is 23.5 Å². The second-order valence-electron chi connectivity index (χ2n) is 2.88. The SMILES string of the molecule is NNc1ccnc(C2CSCCS2)n1. The van der Waals surface area contributed by atoms with E-state index in [1.54, 1.807) is 12.3 Å². The molecule has 2 rings (SSSR count). The lowest BCUT2D eigenvalue weighted by atomic mass is 10.4. The van der Waals surface area contributed by atoms with Crippen LogP contribution in [0.25, 0.3) is 0 Å². The van der Waals surface area contributed by atoms with Gasteiger partial charge in [0.15, 0.2) is 0 Å². The largest absolute Gasteiger partial charge is 0.308 e. The van der Waals surface area contributed by atoms with Crippen molar-refractivity contribution in [3.8, 4) is 0 Å². The zero-order valence-electron chi connectivity index (χ0n) is 7.64. The maximum absolute atomic E-state index is 5.30. The summed E-state index contributed by atoms with van der Waals surface area (Å²) in [5.74, 6) is 10.4. The molecule has 1 unspecified atom stereocenters. The van der Waals surface area contributed by atoms with Crippen molar-refractivity contribution in [2.24, 2.45) is 5.84 Å². The number of aromatic nitrogens is 2. The number of nitrogens with two attached hydrogens (primary N) is 1. The third-order valence-corrected chi connectivity index (χ3v) is 4.68. The quantitative estimate of drug-likeness (QED) is 0.587. The first-order chi connectivity index (χ1) is 6.90. The van der Waals surface area contributed by atoms with Crippen molar-refractivity contribution in [1.82, 2.24) is 9.97 Å². The molecule has 1 saturated heterocycles. The molecule has 1 fully saturated rings. The highest BCUT2D eigenvalue weighted by Crippen LogP contribution is 2.34. The molecule has 2 heterocycles. The van der Waals surface area contributed by atoms with E-state index < -0.39 is 0 Å². The van der Waals surface area contributed by atoms with Crippen molar-refractivity contribution >= 4 is 29.3 Å². The Kier molecular flexibility index (Phi) is 3.49. The van der Waals surface area contributed by atoms with Crippen LogP contribution in [0.2, 0.25) is 0 Å². The van der Waals surface area contributed by atoms with E-state index in [2.05, 4.69) is 15.4 Å². The minimum atomic E-state index is 0.419. The first-order valence-corrected chi connectivity index (χ1v) is 6.59. The predicted octanol–water partition coefficient (Wildman–Crippen LogP) is 1.28. The Morgan fingerprint density at radius 2 is 2.43 bits per heavy atom. The van der Waals surface area contributed by atoms with Crippen molar-refractivity contribution in [3.05, 3.63) is 18.1 Å². The highest BCUT2D eigenvalue weighted by molar-refractivity contribution is 8.06. The molecule has 4 nitrogen and oxygen atoms in total. The molecule has 14 heavy (non-hydrogen) atoms. The van der Waals surface area contributed by atoms with E-state index in [9.17, 15) is 0 Å². The lowest BCUT2D eigenvalue weighted by Gasteiger charge is -2.19. The van der Waals surface area contributed by atoms with Gasteiger partial charge in [0.2, 0.25) is 0 Å². The normalized spacial score (nSPS) is 21.9. The fourth-order valence-electron chi connectivity index (χ4n) is 1.25. The Morgan fingerprint density at radius 1 is 1.50 bits per heavy atom. The average molecular weight is 228 g/mol. The number of anilines is 1. The molecule has 76 valence electrons. The van der Waals surface area contributed by atoms with Gasteiger partial charge in [0.1, 0.15) is 11.6 Å². The summed E-state index contributed by atoms with van der Waals surface area (Å²) in [5.41, 5.74) is 2.54. The maximum Gasteiger partial charge on any atom is 0.144 e. The van der Waals surface area contributed by atoms with Gasteiger partial charge in [-0.1, -0.05) is 0 Å². The highest BCUT2D eigenvalue weighted by Gasteiger charge is 2.18. The molecular weight excluding hydrogens is 216 g/mol. The first-order valence-electron chi connectivity index (χ1n) is 4.39. The molecule has 1 aromatic heterocycles. The molecule has 1 aromatic rings. The molecule has 0 amide bonds. The van der Waals surface area contributed by atoms with E-state index in [1.165, 1.54) is 11.5 Å². The lowest BCUT2D eigenvalue weighted by molar-refractivity contribution is 0.922. The smallest absolute Gasteiger partial charge is 0.144 e. The van der Waals surface area contributed by atoms with Gasteiger partial charge in [0.05, 0.1) is 5.25 Å². The van der Waals surface area contributed by atoms with Crippen LogP contribution < -0.4 is 11.3 Å². The molecule has 0 bridgehead atoms. The van der Waals surface area contributed by atoms with Crippen molar-refractivity contribution < 1.29 is 0 Å². The van der Waals surface area contributed by atoms with Crippen LogP contribution in [0, 0.1) is 0 Å². The number of nitrogens with zero attached hydrogens (tertiary/aromatic N) is 2. The zero-order valence-corrected chi connectivity index (χ0v) is 9.27. The first kappa shape index (κ1) is 10.1. The molecule has 0 saturated carbocycles. The predicted molar refractivity (Wildman–Crippen MR) is 62.4 cm³/mol. The Labute approximate surface area is 91.4 Å². The summed E-state index contributed by atoms with van der Waals surface area (Å²) in [4.78, 5) is 8.60. The van der Waals surface area contributed by atoms with E-state index in [-0.39, 0.29) is 0 Å². The Hall–Kier alpha value is -0.460. The number of hydrogen-bond acceptors (Lipinski definition) is 6. The molecule has 1 aliphatic heterocycles. The summed E-state index contributed by atoms with van der Waals surface area (Å²) in [5, 5.41) is 0.419.